The second kappa shape index (κ2) is 5.36. The SMILES string of the molecule is CC(C)n1nccc1NC(=O)c1cc(F)cnc1Cl. The lowest BCUT2D eigenvalue weighted by molar-refractivity contribution is 0.102. The molecule has 0 fully saturated rings. The maximum Gasteiger partial charge on any atom is 0.260 e. The Labute approximate surface area is 114 Å². The van der Waals surface area contributed by atoms with Crippen LogP contribution in [0, 0.1) is 5.82 Å². The molecular weight excluding hydrogens is 271 g/mol. The molecule has 0 aliphatic rings. The molecule has 100 valence electrons. The number of nitrogens with one attached hydrogen (secondary N) is 1. The number of anilines is 1. The van der Waals surface area contributed by atoms with Gasteiger partial charge in [0, 0.05) is 12.1 Å². The van der Waals surface area contributed by atoms with Crippen molar-refractivity contribution < 1.29 is 9.18 Å². The van der Waals surface area contributed by atoms with Gasteiger partial charge < -0.3 is 5.32 Å². The Morgan fingerprint density at radius 2 is 2.26 bits per heavy atom. The molecule has 7 heteroatoms. The largest absolute Gasteiger partial charge is 0.307 e. The second-order valence-corrected chi connectivity index (χ2v) is 4.56. The van der Waals surface area contributed by atoms with Crippen LogP contribution in [-0.4, -0.2) is 20.7 Å². The molecule has 1 N–H and O–H groups in total. The van der Waals surface area contributed by atoms with Gasteiger partial charge in [-0.15, -0.1) is 0 Å². The number of carbonyl (C=O) groups excluding carboxylic acids is 1. The third-order valence-electron chi connectivity index (χ3n) is 2.45. The lowest BCUT2D eigenvalue weighted by Crippen LogP contribution is -2.17. The van der Waals surface area contributed by atoms with Crippen LogP contribution >= 0.6 is 11.6 Å². The highest BCUT2D eigenvalue weighted by Gasteiger charge is 2.15. The monoisotopic (exact) mass is 282 g/mol. The maximum absolute atomic E-state index is 13.1. The highest BCUT2D eigenvalue weighted by atomic mass is 35.5. The van der Waals surface area contributed by atoms with Gasteiger partial charge >= 0.3 is 0 Å². The highest BCUT2D eigenvalue weighted by molar-refractivity contribution is 6.33. The number of hydrogen-bond donors (Lipinski definition) is 1. The zero-order chi connectivity index (χ0) is 14.0. The molecular formula is C12H12ClFN4O. The minimum absolute atomic E-state index is 0.0156. The smallest absolute Gasteiger partial charge is 0.260 e. The number of halogens is 2. The van der Waals surface area contributed by atoms with Crippen LogP contribution in [0.4, 0.5) is 10.2 Å². The van der Waals surface area contributed by atoms with E-state index in [1.54, 1.807) is 16.9 Å². The van der Waals surface area contributed by atoms with E-state index in [1.165, 1.54) is 0 Å². The topological polar surface area (TPSA) is 59.8 Å². The van der Waals surface area contributed by atoms with E-state index in [4.69, 9.17) is 11.6 Å². The van der Waals surface area contributed by atoms with E-state index in [0.717, 1.165) is 12.3 Å². The second-order valence-electron chi connectivity index (χ2n) is 4.20. The summed E-state index contributed by atoms with van der Waals surface area (Å²) in [5.74, 6) is -0.633. The summed E-state index contributed by atoms with van der Waals surface area (Å²) in [6.45, 7) is 3.86. The molecule has 0 spiro atoms. The third-order valence-corrected chi connectivity index (χ3v) is 2.75. The molecule has 0 aliphatic heterocycles. The van der Waals surface area contributed by atoms with E-state index in [-0.39, 0.29) is 16.8 Å². The Kier molecular flexibility index (Phi) is 3.80. The fraction of sp³-hybridized carbons (Fsp3) is 0.250. The van der Waals surface area contributed by atoms with Gasteiger partial charge in [-0.1, -0.05) is 11.6 Å². The van der Waals surface area contributed by atoms with Crippen LogP contribution in [0.3, 0.4) is 0 Å². The summed E-state index contributed by atoms with van der Waals surface area (Å²) in [7, 11) is 0. The first-order valence-electron chi connectivity index (χ1n) is 5.65. The van der Waals surface area contributed by atoms with Crippen LogP contribution in [0.25, 0.3) is 0 Å². The number of rotatable bonds is 3. The van der Waals surface area contributed by atoms with Gasteiger partial charge in [-0.3, -0.25) is 4.79 Å². The molecule has 2 heterocycles. The van der Waals surface area contributed by atoms with Gasteiger partial charge in [0.1, 0.15) is 16.8 Å². The lowest BCUT2D eigenvalue weighted by atomic mass is 10.2. The van der Waals surface area contributed by atoms with Crippen LogP contribution < -0.4 is 5.32 Å². The average molecular weight is 283 g/mol. The Morgan fingerprint density at radius 3 is 2.95 bits per heavy atom. The minimum atomic E-state index is -0.619. The van der Waals surface area contributed by atoms with Gasteiger partial charge in [-0.05, 0) is 19.9 Å². The van der Waals surface area contributed by atoms with Crippen molar-refractivity contribution in [1.29, 1.82) is 0 Å². The Hall–Kier alpha value is -1.95. The number of amides is 1. The van der Waals surface area contributed by atoms with Crippen LogP contribution in [0.15, 0.2) is 24.5 Å². The zero-order valence-electron chi connectivity index (χ0n) is 10.4. The van der Waals surface area contributed by atoms with Crippen LogP contribution in [0.5, 0.6) is 0 Å². The molecule has 5 nitrogen and oxygen atoms in total. The maximum atomic E-state index is 13.1. The molecule has 0 aromatic carbocycles. The van der Waals surface area contributed by atoms with E-state index in [1.807, 2.05) is 13.8 Å². The molecule has 0 aliphatic carbocycles. The molecule has 1 amide bonds. The van der Waals surface area contributed by atoms with Crippen molar-refractivity contribution in [2.45, 2.75) is 19.9 Å². The first-order valence-corrected chi connectivity index (χ1v) is 6.02. The van der Waals surface area contributed by atoms with Crippen molar-refractivity contribution >= 4 is 23.3 Å². The fourth-order valence-corrected chi connectivity index (χ4v) is 1.78. The molecule has 2 aromatic heterocycles. The van der Waals surface area contributed by atoms with Gasteiger partial charge in [-0.2, -0.15) is 5.10 Å². The molecule has 0 saturated heterocycles. The van der Waals surface area contributed by atoms with Crippen molar-refractivity contribution in [3.8, 4) is 0 Å². The summed E-state index contributed by atoms with van der Waals surface area (Å²) in [6.07, 6.45) is 2.53. The molecule has 2 aromatic rings. The first-order chi connectivity index (χ1) is 8.99. The third kappa shape index (κ3) is 2.90. The zero-order valence-corrected chi connectivity index (χ0v) is 11.1. The van der Waals surface area contributed by atoms with Crippen molar-refractivity contribution in [2.75, 3.05) is 5.32 Å². The molecule has 0 saturated carbocycles. The van der Waals surface area contributed by atoms with Crippen molar-refractivity contribution in [3.05, 3.63) is 41.1 Å². The molecule has 0 radical (unpaired) electrons. The lowest BCUT2D eigenvalue weighted by Gasteiger charge is -2.12. The molecule has 2 rings (SSSR count). The summed E-state index contributed by atoms with van der Waals surface area (Å²) < 4.78 is 14.7. The van der Waals surface area contributed by atoms with E-state index in [0.29, 0.717) is 5.82 Å². The number of carbonyl (C=O) groups is 1. The number of nitrogens with zero attached hydrogens (tertiary/aromatic N) is 3. The van der Waals surface area contributed by atoms with Crippen molar-refractivity contribution in [1.82, 2.24) is 14.8 Å². The predicted molar refractivity (Wildman–Crippen MR) is 69.8 cm³/mol. The summed E-state index contributed by atoms with van der Waals surface area (Å²) in [4.78, 5) is 15.6. The normalized spacial score (nSPS) is 10.8. The Morgan fingerprint density at radius 1 is 1.53 bits per heavy atom. The van der Waals surface area contributed by atoms with E-state index in [9.17, 15) is 9.18 Å². The number of pyridine rings is 1. The quantitative estimate of drug-likeness (QED) is 0.881. The molecule has 0 bridgehead atoms. The predicted octanol–water partition coefficient (Wildman–Crippen LogP) is 2.90. The van der Waals surface area contributed by atoms with Crippen molar-refractivity contribution in [3.63, 3.8) is 0 Å². The van der Waals surface area contributed by atoms with E-state index >= 15 is 0 Å². The minimum Gasteiger partial charge on any atom is -0.307 e. The van der Waals surface area contributed by atoms with Gasteiger partial charge in [0.05, 0.1) is 18.0 Å². The van der Waals surface area contributed by atoms with Crippen LogP contribution in [0.1, 0.15) is 30.2 Å². The Balaban J connectivity index is 2.26. The van der Waals surface area contributed by atoms with Gasteiger partial charge in [-0.25, -0.2) is 14.1 Å². The first kappa shape index (κ1) is 13.5. The average Bonchev–Trinajstić information content (AvgIpc) is 2.80. The summed E-state index contributed by atoms with van der Waals surface area (Å²) in [5, 5.41) is 6.66. The number of aromatic nitrogens is 3. The molecule has 0 unspecified atom stereocenters. The highest BCUT2D eigenvalue weighted by Crippen LogP contribution is 2.18. The Bertz CT molecular complexity index is 612. The summed E-state index contributed by atoms with van der Waals surface area (Å²) >= 11 is 5.77. The number of hydrogen-bond acceptors (Lipinski definition) is 3. The van der Waals surface area contributed by atoms with Gasteiger partial charge in [0.2, 0.25) is 0 Å². The summed E-state index contributed by atoms with van der Waals surface area (Å²) in [6, 6.07) is 2.78. The van der Waals surface area contributed by atoms with Crippen LogP contribution in [-0.2, 0) is 0 Å². The van der Waals surface area contributed by atoms with Gasteiger partial charge in [0.15, 0.2) is 0 Å². The fourth-order valence-electron chi connectivity index (χ4n) is 1.59. The molecule has 0 atom stereocenters. The summed E-state index contributed by atoms with van der Waals surface area (Å²) in [5.41, 5.74) is -0.0156. The van der Waals surface area contributed by atoms with E-state index in [2.05, 4.69) is 15.4 Å². The van der Waals surface area contributed by atoms with Crippen molar-refractivity contribution in [2.24, 2.45) is 0 Å². The standard InChI is InChI=1S/C12H12ClFN4O/c1-7(2)18-10(3-4-16-18)17-12(19)9-5-8(14)6-15-11(9)13/h3-7H,1-2H3,(H,17,19). The van der Waals surface area contributed by atoms with E-state index < -0.39 is 11.7 Å². The van der Waals surface area contributed by atoms with Crippen LogP contribution in [0.2, 0.25) is 5.15 Å². The molecule has 19 heavy (non-hydrogen) atoms. The van der Waals surface area contributed by atoms with Gasteiger partial charge in [0.25, 0.3) is 5.91 Å².